The van der Waals surface area contributed by atoms with Crippen LogP contribution < -0.4 is 0 Å². The van der Waals surface area contributed by atoms with Gasteiger partial charge in [0.25, 0.3) is 0 Å². The molecule has 2 nitrogen and oxygen atoms in total. The number of hydrogen-bond donors (Lipinski definition) is 0. The van der Waals surface area contributed by atoms with Gasteiger partial charge in [0.1, 0.15) is 0 Å². The molecule has 1 aromatic rings. The highest BCUT2D eigenvalue weighted by molar-refractivity contribution is 7.14. The maximum absolute atomic E-state index is 13.1. The van der Waals surface area contributed by atoms with Gasteiger partial charge in [-0.25, -0.2) is 0 Å². The van der Waals surface area contributed by atoms with Gasteiger partial charge in [0, 0.05) is 4.88 Å². The summed E-state index contributed by atoms with van der Waals surface area (Å²) in [5, 5.41) is 0. The molecular weight excluding hydrogens is 254 g/mol. The Morgan fingerprint density at radius 3 is 2.37 bits per heavy atom. The third-order valence-corrected chi connectivity index (χ3v) is 5.78. The summed E-state index contributed by atoms with van der Waals surface area (Å²) in [6.45, 7) is 4.33. The maximum atomic E-state index is 13.1. The van der Waals surface area contributed by atoms with E-state index in [9.17, 15) is 4.79 Å². The molecule has 0 unspecified atom stereocenters. The van der Waals surface area contributed by atoms with Crippen LogP contribution in [0.25, 0.3) is 0 Å². The molecule has 0 radical (unpaired) electrons. The predicted octanol–water partition coefficient (Wildman–Crippen LogP) is 4.04. The zero-order valence-electron chi connectivity index (χ0n) is 11.8. The quantitative estimate of drug-likeness (QED) is 0.777. The maximum Gasteiger partial charge on any atom is 0.192 e. The third-order valence-electron chi connectivity index (χ3n) is 4.78. The Labute approximate surface area is 119 Å². The van der Waals surface area contributed by atoms with Crippen LogP contribution in [-0.4, -0.2) is 29.3 Å². The second-order valence-electron chi connectivity index (χ2n) is 6.03. The van der Waals surface area contributed by atoms with E-state index in [4.69, 9.17) is 0 Å². The van der Waals surface area contributed by atoms with Crippen molar-refractivity contribution < 1.29 is 4.79 Å². The molecule has 2 fully saturated rings. The van der Waals surface area contributed by atoms with Crippen LogP contribution in [0.2, 0.25) is 0 Å². The summed E-state index contributed by atoms with van der Waals surface area (Å²) in [5.41, 5.74) is -0.155. The molecule has 19 heavy (non-hydrogen) atoms. The van der Waals surface area contributed by atoms with Crippen LogP contribution in [0.1, 0.15) is 59.5 Å². The number of nitrogens with zero attached hydrogens (tertiary/aromatic N) is 1. The number of carbonyl (C=O) groups excluding carboxylic acids is 1. The number of thiophene rings is 1. The fraction of sp³-hybridized carbons (Fsp3) is 0.688. The molecular formula is C16H23NOS. The van der Waals surface area contributed by atoms with Gasteiger partial charge in [-0.05, 0) is 57.8 Å². The number of carbonyl (C=O) groups is 1. The van der Waals surface area contributed by atoms with Crippen molar-refractivity contribution in [3.8, 4) is 0 Å². The zero-order valence-corrected chi connectivity index (χ0v) is 12.6. The number of aryl methyl sites for hydroxylation is 1. The Hall–Kier alpha value is -0.670. The van der Waals surface area contributed by atoms with Crippen molar-refractivity contribution in [2.75, 3.05) is 13.1 Å². The fourth-order valence-electron chi connectivity index (χ4n) is 3.75. The third kappa shape index (κ3) is 2.38. The molecule has 3 heteroatoms. The average Bonchev–Trinajstić information content (AvgIpc) is 3.08. The van der Waals surface area contributed by atoms with E-state index in [-0.39, 0.29) is 5.54 Å². The molecule has 1 aliphatic carbocycles. The van der Waals surface area contributed by atoms with Crippen molar-refractivity contribution in [3.63, 3.8) is 0 Å². The lowest BCUT2D eigenvalue weighted by atomic mass is 9.87. The summed E-state index contributed by atoms with van der Waals surface area (Å²) < 4.78 is 0. The first-order chi connectivity index (χ1) is 9.22. The number of rotatable bonds is 3. The number of hydrogen-bond acceptors (Lipinski definition) is 3. The Bertz CT molecular complexity index is 453. The van der Waals surface area contributed by atoms with Gasteiger partial charge in [0.2, 0.25) is 0 Å². The summed E-state index contributed by atoms with van der Waals surface area (Å²) >= 11 is 1.67. The van der Waals surface area contributed by atoms with Crippen molar-refractivity contribution in [2.45, 2.75) is 57.4 Å². The topological polar surface area (TPSA) is 20.3 Å². The molecule has 0 atom stereocenters. The van der Waals surface area contributed by atoms with E-state index in [2.05, 4.69) is 17.9 Å². The Kier molecular flexibility index (Phi) is 3.77. The minimum Gasteiger partial charge on any atom is -0.291 e. The molecule has 2 heterocycles. The highest BCUT2D eigenvalue weighted by atomic mass is 32.1. The predicted molar refractivity (Wildman–Crippen MR) is 80.0 cm³/mol. The van der Waals surface area contributed by atoms with E-state index in [0.717, 1.165) is 30.8 Å². The lowest BCUT2D eigenvalue weighted by molar-refractivity contribution is 0.0481. The molecule has 3 rings (SSSR count). The highest BCUT2D eigenvalue weighted by Gasteiger charge is 2.46. The first-order valence-electron chi connectivity index (χ1n) is 7.59. The van der Waals surface area contributed by atoms with Crippen molar-refractivity contribution in [2.24, 2.45) is 0 Å². The standard InChI is InChI=1S/C16H23NOS/c1-13-7-8-14(19-13)15(18)16(9-3-4-10-16)17-11-5-2-6-12-17/h7-8H,2-6,9-12H2,1H3. The van der Waals surface area contributed by atoms with E-state index >= 15 is 0 Å². The zero-order chi connectivity index (χ0) is 13.3. The van der Waals surface area contributed by atoms with E-state index in [1.165, 1.54) is 37.0 Å². The normalized spacial score (nSPS) is 23.6. The van der Waals surface area contributed by atoms with Crippen molar-refractivity contribution >= 4 is 17.1 Å². The van der Waals surface area contributed by atoms with Crippen molar-refractivity contribution in [3.05, 3.63) is 21.9 Å². The smallest absolute Gasteiger partial charge is 0.192 e. The van der Waals surface area contributed by atoms with E-state index in [0.29, 0.717) is 5.78 Å². The van der Waals surface area contributed by atoms with Crippen LogP contribution in [-0.2, 0) is 0 Å². The number of Topliss-reactive ketones (excluding diaryl/α,β-unsaturated/α-hetero) is 1. The van der Waals surface area contributed by atoms with Crippen LogP contribution in [0.5, 0.6) is 0 Å². The van der Waals surface area contributed by atoms with Gasteiger partial charge < -0.3 is 0 Å². The number of ketones is 1. The highest BCUT2D eigenvalue weighted by Crippen LogP contribution is 2.40. The minimum atomic E-state index is -0.155. The molecule has 1 saturated heterocycles. The first kappa shape index (κ1) is 13.3. The summed E-state index contributed by atoms with van der Waals surface area (Å²) in [4.78, 5) is 17.8. The largest absolute Gasteiger partial charge is 0.291 e. The van der Waals surface area contributed by atoms with Crippen LogP contribution in [0, 0.1) is 6.92 Å². The lowest BCUT2D eigenvalue weighted by Gasteiger charge is -2.42. The van der Waals surface area contributed by atoms with Crippen LogP contribution in [0.3, 0.4) is 0 Å². The van der Waals surface area contributed by atoms with Crippen molar-refractivity contribution in [1.82, 2.24) is 4.90 Å². The van der Waals surface area contributed by atoms with Crippen LogP contribution in [0.4, 0.5) is 0 Å². The summed E-state index contributed by atoms with van der Waals surface area (Å²) in [7, 11) is 0. The SMILES string of the molecule is Cc1ccc(C(=O)C2(N3CCCCC3)CCCC2)s1. The molecule has 0 bridgehead atoms. The fourth-order valence-corrected chi connectivity index (χ4v) is 4.66. The second-order valence-corrected chi connectivity index (χ2v) is 7.31. The second kappa shape index (κ2) is 5.37. The molecule has 1 aliphatic heterocycles. The molecule has 1 saturated carbocycles. The van der Waals surface area contributed by atoms with Gasteiger partial charge in [-0.1, -0.05) is 19.3 Å². The number of piperidine rings is 1. The Morgan fingerprint density at radius 1 is 1.11 bits per heavy atom. The lowest BCUT2D eigenvalue weighted by Crippen LogP contribution is -2.54. The Morgan fingerprint density at radius 2 is 1.79 bits per heavy atom. The number of likely N-dealkylation sites (tertiary alicyclic amines) is 1. The van der Waals surface area contributed by atoms with Crippen molar-refractivity contribution in [1.29, 1.82) is 0 Å². The molecule has 1 aromatic heterocycles. The molecule has 0 amide bonds. The molecule has 0 spiro atoms. The Balaban J connectivity index is 1.89. The monoisotopic (exact) mass is 277 g/mol. The molecule has 0 N–H and O–H groups in total. The van der Waals surface area contributed by atoms with Gasteiger partial charge in [-0.2, -0.15) is 0 Å². The van der Waals surface area contributed by atoms with Gasteiger partial charge in [-0.15, -0.1) is 11.3 Å². The first-order valence-corrected chi connectivity index (χ1v) is 8.40. The van der Waals surface area contributed by atoms with Crippen LogP contribution in [0.15, 0.2) is 12.1 Å². The van der Waals surface area contributed by atoms with Gasteiger partial charge >= 0.3 is 0 Å². The van der Waals surface area contributed by atoms with Gasteiger partial charge in [-0.3, -0.25) is 9.69 Å². The van der Waals surface area contributed by atoms with Gasteiger partial charge in [0.05, 0.1) is 10.4 Å². The summed E-state index contributed by atoms with van der Waals surface area (Å²) in [6, 6.07) is 4.11. The summed E-state index contributed by atoms with van der Waals surface area (Å²) in [6.07, 6.45) is 8.43. The minimum absolute atomic E-state index is 0.155. The van der Waals surface area contributed by atoms with Gasteiger partial charge in [0.15, 0.2) is 5.78 Å². The van der Waals surface area contributed by atoms with E-state index in [1.807, 2.05) is 6.07 Å². The van der Waals surface area contributed by atoms with Crippen LogP contribution >= 0.6 is 11.3 Å². The molecule has 0 aromatic carbocycles. The molecule has 2 aliphatic rings. The molecule has 104 valence electrons. The van der Waals surface area contributed by atoms with E-state index < -0.39 is 0 Å². The summed E-state index contributed by atoms with van der Waals surface area (Å²) in [5.74, 6) is 0.407. The average molecular weight is 277 g/mol. The van der Waals surface area contributed by atoms with E-state index in [1.54, 1.807) is 11.3 Å².